The molecule has 0 aliphatic carbocycles. The molecule has 1 aliphatic rings. The highest BCUT2D eigenvalue weighted by Gasteiger charge is 2.25. The van der Waals surface area contributed by atoms with Crippen LogP contribution in [0, 0.1) is 16.0 Å². The van der Waals surface area contributed by atoms with Gasteiger partial charge in [-0.3, -0.25) is 15.0 Å². The summed E-state index contributed by atoms with van der Waals surface area (Å²) in [6, 6.07) is 4.96. The van der Waals surface area contributed by atoms with Gasteiger partial charge in [-0.2, -0.15) is 0 Å². The molecule has 5 nitrogen and oxygen atoms in total. The molecule has 0 aromatic heterocycles. The summed E-state index contributed by atoms with van der Waals surface area (Å²) in [5, 5.41) is 11.2. The van der Waals surface area contributed by atoms with Crippen molar-refractivity contribution >= 4 is 17.3 Å². The van der Waals surface area contributed by atoms with E-state index in [4.69, 9.17) is 17.3 Å². The molecule has 1 heterocycles. The highest BCUT2D eigenvalue weighted by molar-refractivity contribution is 6.31. The van der Waals surface area contributed by atoms with Gasteiger partial charge in [-0.1, -0.05) is 24.9 Å². The minimum Gasteiger partial charge on any atom is -0.327 e. The van der Waals surface area contributed by atoms with Crippen LogP contribution in [0.25, 0.3) is 0 Å². The number of halogens is 1. The van der Waals surface area contributed by atoms with Crippen molar-refractivity contribution in [3.8, 4) is 0 Å². The normalized spacial score (nSPS) is 23.8. The molecule has 2 unspecified atom stereocenters. The van der Waals surface area contributed by atoms with E-state index in [0.717, 1.165) is 38.0 Å². The largest absolute Gasteiger partial charge is 0.327 e. The molecule has 1 aliphatic heterocycles. The zero-order valence-corrected chi connectivity index (χ0v) is 12.3. The van der Waals surface area contributed by atoms with E-state index in [1.807, 2.05) is 0 Å². The van der Waals surface area contributed by atoms with Crippen LogP contribution in [0.2, 0.25) is 5.02 Å². The van der Waals surface area contributed by atoms with Crippen LogP contribution >= 0.6 is 11.6 Å². The van der Waals surface area contributed by atoms with Crippen molar-refractivity contribution < 1.29 is 4.92 Å². The smallest absolute Gasteiger partial charge is 0.270 e. The van der Waals surface area contributed by atoms with Gasteiger partial charge in [0.15, 0.2) is 0 Å². The lowest BCUT2D eigenvalue weighted by Gasteiger charge is -2.36. The van der Waals surface area contributed by atoms with Crippen LogP contribution in [0.5, 0.6) is 0 Å². The number of hydrogen-bond acceptors (Lipinski definition) is 4. The number of nitrogens with zero attached hydrogens (tertiary/aromatic N) is 2. The standard InChI is InChI=1S/C14H20ClN3O2/c1-2-10-8-17(6-5-14(10)16)9-11-3-4-12(18(19)20)7-13(11)15/h3-4,7,10,14H,2,5-6,8-9,16H2,1H3. The van der Waals surface area contributed by atoms with Crippen molar-refractivity contribution in [2.45, 2.75) is 32.4 Å². The summed E-state index contributed by atoms with van der Waals surface area (Å²) >= 11 is 6.14. The first-order valence-electron chi connectivity index (χ1n) is 6.92. The van der Waals surface area contributed by atoms with Gasteiger partial charge in [0, 0.05) is 31.3 Å². The number of nitro benzene ring substituents is 1. The van der Waals surface area contributed by atoms with Crippen molar-refractivity contribution in [2.75, 3.05) is 13.1 Å². The minimum atomic E-state index is -0.428. The number of rotatable bonds is 4. The topological polar surface area (TPSA) is 72.4 Å². The van der Waals surface area contributed by atoms with Gasteiger partial charge in [0.2, 0.25) is 0 Å². The summed E-state index contributed by atoms with van der Waals surface area (Å²) < 4.78 is 0. The fourth-order valence-corrected chi connectivity index (χ4v) is 2.95. The van der Waals surface area contributed by atoms with Gasteiger partial charge in [-0.25, -0.2) is 0 Å². The first-order chi connectivity index (χ1) is 9.51. The van der Waals surface area contributed by atoms with Gasteiger partial charge in [0.1, 0.15) is 0 Å². The van der Waals surface area contributed by atoms with Crippen LogP contribution in [0.1, 0.15) is 25.3 Å². The van der Waals surface area contributed by atoms with E-state index in [9.17, 15) is 10.1 Å². The molecule has 0 radical (unpaired) electrons. The van der Waals surface area contributed by atoms with E-state index < -0.39 is 4.92 Å². The third-order valence-electron chi connectivity index (χ3n) is 4.04. The lowest BCUT2D eigenvalue weighted by atomic mass is 9.90. The second-order valence-electron chi connectivity index (χ2n) is 5.39. The first-order valence-corrected chi connectivity index (χ1v) is 7.29. The molecule has 2 atom stereocenters. The molecule has 6 heteroatoms. The van der Waals surface area contributed by atoms with E-state index in [-0.39, 0.29) is 11.7 Å². The van der Waals surface area contributed by atoms with Crippen molar-refractivity contribution in [1.29, 1.82) is 0 Å². The Hall–Kier alpha value is -1.17. The summed E-state index contributed by atoms with van der Waals surface area (Å²) in [5.74, 6) is 0.514. The van der Waals surface area contributed by atoms with Crippen molar-refractivity contribution in [1.82, 2.24) is 4.90 Å². The van der Waals surface area contributed by atoms with Crippen LogP contribution in [0.3, 0.4) is 0 Å². The third kappa shape index (κ3) is 3.48. The molecule has 1 aromatic rings. The number of likely N-dealkylation sites (tertiary alicyclic amines) is 1. The van der Waals surface area contributed by atoms with Gasteiger partial charge in [-0.05, 0) is 30.5 Å². The van der Waals surface area contributed by atoms with Gasteiger partial charge in [0.25, 0.3) is 5.69 Å². The maximum atomic E-state index is 10.7. The van der Waals surface area contributed by atoms with Crippen molar-refractivity contribution in [2.24, 2.45) is 11.7 Å². The molecule has 2 N–H and O–H groups in total. The maximum absolute atomic E-state index is 10.7. The quantitative estimate of drug-likeness (QED) is 0.685. The van der Waals surface area contributed by atoms with Crippen LogP contribution in [-0.4, -0.2) is 29.0 Å². The number of non-ortho nitro benzene ring substituents is 1. The van der Waals surface area contributed by atoms with Crippen LogP contribution in [0.4, 0.5) is 5.69 Å². The Labute approximate surface area is 123 Å². The Morgan fingerprint density at radius 3 is 2.90 bits per heavy atom. The molecule has 2 rings (SSSR count). The third-order valence-corrected chi connectivity index (χ3v) is 4.39. The van der Waals surface area contributed by atoms with E-state index in [1.54, 1.807) is 6.07 Å². The average Bonchev–Trinajstić information content (AvgIpc) is 2.42. The van der Waals surface area contributed by atoms with Gasteiger partial charge in [0.05, 0.1) is 9.95 Å². The second-order valence-corrected chi connectivity index (χ2v) is 5.80. The fraction of sp³-hybridized carbons (Fsp3) is 0.571. The summed E-state index contributed by atoms with van der Waals surface area (Å²) in [4.78, 5) is 12.6. The van der Waals surface area contributed by atoms with Gasteiger partial charge >= 0.3 is 0 Å². The molecule has 0 spiro atoms. The highest BCUT2D eigenvalue weighted by atomic mass is 35.5. The van der Waals surface area contributed by atoms with E-state index in [0.29, 0.717) is 10.9 Å². The Bertz CT molecular complexity index is 495. The maximum Gasteiger partial charge on any atom is 0.270 e. The molecule has 20 heavy (non-hydrogen) atoms. The predicted molar refractivity (Wildman–Crippen MR) is 79.8 cm³/mol. The molecule has 110 valence electrons. The molecular formula is C14H20ClN3O2. The van der Waals surface area contributed by atoms with Crippen molar-refractivity contribution in [3.05, 3.63) is 38.9 Å². The SMILES string of the molecule is CCC1CN(Cc2ccc([N+](=O)[O-])cc2Cl)CCC1N. The van der Waals surface area contributed by atoms with Crippen LogP contribution < -0.4 is 5.73 Å². The van der Waals surface area contributed by atoms with E-state index in [2.05, 4.69) is 11.8 Å². The molecular weight excluding hydrogens is 278 g/mol. The van der Waals surface area contributed by atoms with E-state index in [1.165, 1.54) is 12.1 Å². The lowest BCUT2D eigenvalue weighted by Crippen LogP contribution is -2.46. The molecule has 0 bridgehead atoms. The molecule has 0 saturated carbocycles. The zero-order valence-electron chi connectivity index (χ0n) is 11.6. The molecule has 0 amide bonds. The summed E-state index contributed by atoms with van der Waals surface area (Å²) in [6.07, 6.45) is 2.06. The minimum absolute atomic E-state index is 0.0332. The van der Waals surface area contributed by atoms with E-state index >= 15 is 0 Å². The monoisotopic (exact) mass is 297 g/mol. The van der Waals surface area contributed by atoms with Crippen molar-refractivity contribution in [3.63, 3.8) is 0 Å². The first kappa shape index (κ1) is 15.2. The van der Waals surface area contributed by atoms with Gasteiger partial charge in [-0.15, -0.1) is 0 Å². The number of benzene rings is 1. The van der Waals surface area contributed by atoms with Crippen LogP contribution in [0.15, 0.2) is 18.2 Å². The Kier molecular flexibility index (Phi) is 4.96. The molecule has 1 fully saturated rings. The van der Waals surface area contributed by atoms with Crippen LogP contribution in [-0.2, 0) is 6.54 Å². The van der Waals surface area contributed by atoms with Gasteiger partial charge < -0.3 is 5.73 Å². The number of nitro groups is 1. The molecule has 1 saturated heterocycles. The Balaban J connectivity index is 2.05. The lowest BCUT2D eigenvalue weighted by molar-refractivity contribution is -0.384. The Morgan fingerprint density at radius 1 is 1.55 bits per heavy atom. The summed E-state index contributed by atoms with van der Waals surface area (Å²) in [7, 11) is 0. The number of piperidine rings is 1. The number of nitrogens with two attached hydrogens (primary N) is 1. The second kappa shape index (κ2) is 6.52. The highest BCUT2D eigenvalue weighted by Crippen LogP contribution is 2.26. The average molecular weight is 298 g/mol. The summed E-state index contributed by atoms with van der Waals surface area (Å²) in [5.41, 5.74) is 7.07. The molecule has 1 aromatic carbocycles. The zero-order chi connectivity index (χ0) is 14.7. The fourth-order valence-electron chi connectivity index (χ4n) is 2.72. The Morgan fingerprint density at radius 2 is 2.30 bits per heavy atom. The number of hydrogen-bond donors (Lipinski definition) is 1. The predicted octanol–water partition coefficient (Wildman–Crippen LogP) is 2.81. The summed E-state index contributed by atoms with van der Waals surface area (Å²) in [6.45, 7) is 4.79.